The van der Waals surface area contributed by atoms with Crippen LogP contribution in [0.25, 0.3) is 0 Å². The largest absolute Gasteiger partial charge is 0.469 e. The predicted molar refractivity (Wildman–Crippen MR) is 106 cm³/mol. The Morgan fingerprint density at radius 2 is 1.86 bits per heavy atom. The molecule has 1 aliphatic heterocycles. The number of esters is 1. The van der Waals surface area contributed by atoms with Crippen molar-refractivity contribution >= 4 is 21.9 Å². The van der Waals surface area contributed by atoms with Crippen LogP contribution in [-0.2, 0) is 24.3 Å². The molecule has 8 nitrogen and oxygen atoms in total. The van der Waals surface area contributed by atoms with Gasteiger partial charge < -0.3 is 9.64 Å². The Labute approximate surface area is 172 Å². The maximum atomic E-state index is 12.8. The molecule has 0 spiro atoms. The van der Waals surface area contributed by atoms with Gasteiger partial charge in [-0.3, -0.25) is 9.59 Å². The van der Waals surface area contributed by atoms with E-state index in [1.165, 1.54) is 35.7 Å². The fraction of sp³-hybridized carbons (Fsp3) is 0.550. The minimum Gasteiger partial charge on any atom is -0.469 e. The highest BCUT2D eigenvalue weighted by atomic mass is 32.2. The third-order valence-corrected chi connectivity index (χ3v) is 7.13. The number of nitrogens with zero attached hydrogens (tertiary/aromatic N) is 3. The van der Waals surface area contributed by atoms with Crippen LogP contribution in [0.3, 0.4) is 0 Å². The van der Waals surface area contributed by atoms with Gasteiger partial charge in [0, 0.05) is 32.1 Å². The Hall–Kier alpha value is -2.44. The van der Waals surface area contributed by atoms with Crippen molar-refractivity contribution in [2.45, 2.75) is 31.6 Å². The zero-order valence-corrected chi connectivity index (χ0v) is 17.8. The first kappa shape index (κ1) is 22.8. The number of carbonyl (C=O) groups is 2. The fourth-order valence-corrected chi connectivity index (χ4v) is 4.90. The van der Waals surface area contributed by atoms with E-state index in [9.17, 15) is 18.0 Å². The molecular weight excluding hydrogens is 394 g/mol. The molecule has 1 aromatic rings. The topological polar surface area (TPSA) is 108 Å². The summed E-state index contributed by atoms with van der Waals surface area (Å²) in [7, 11) is -2.34. The van der Waals surface area contributed by atoms with E-state index in [1.807, 2.05) is 13.0 Å². The van der Waals surface area contributed by atoms with Crippen LogP contribution in [0, 0.1) is 23.2 Å². The molecule has 0 aromatic heterocycles. The van der Waals surface area contributed by atoms with Crippen LogP contribution in [0.2, 0.25) is 0 Å². The number of ether oxygens (including phenoxy) is 1. The molecule has 0 radical (unpaired) electrons. The SMILES string of the molecule is CCN(CC(C)C(=O)OC)C(=O)C1CCN(S(=O)(=O)c2ccc(C#N)cc2)CC1. The van der Waals surface area contributed by atoms with E-state index in [4.69, 9.17) is 10.00 Å². The molecule has 0 aliphatic carbocycles. The standard InChI is InChI=1S/C20H27N3O5S/c1-4-22(14-15(2)20(25)28-3)19(24)17-9-11-23(12-10-17)29(26,27)18-7-5-16(13-21)6-8-18/h5-8,15,17H,4,9-12,14H2,1-3H3. The smallest absolute Gasteiger partial charge is 0.310 e. The van der Waals surface area contributed by atoms with Gasteiger partial charge in [-0.25, -0.2) is 8.42 Å². The lowest BCUT2D eigenvalue weighted by atomic mass is 9.96. The molecule has 1 amide bonds. The van der Waals surface area contributed by atoms with Gasteiger partial charge in [-0.1, -0.05) is 6.92 Å². The van der Waals surface area contributed by atoms with Crippen molar-refractivity contribution in [2.75, 3.05) is 33.3 Å². The van der Waals surface area contributed by atoms with E-state index in [0.29, 0.717) is 24.9 Å². The molecule has 0 bridgehead atoms. The van der Waals surface area contributed by atoms with E-state index in [1.54, 1.807) is 11.8 Å². The van der Waals surface area contributed by atoms with E-state index < -0.39 is 15.9 Å². The highest BCUT2D eigenvalue weighted by Crippen LogP contribution is 2.25. The first-order valence-corrected chi connectivity index (χ1v) is 11.1. The third kappa shape index (κ3) is 5.34. The summed E-state index contributed by atoms with van der Waals surface area (Å²) < 4.78 is 31.7. The minimum absolute atomic E-state index is 0.0568. The lowest BCUT2D eigenvalue weighted by molar-refractivity contribution is -0.147. The molecule has 2 rings (SSSR count). The number of methoxy groups -OCH3 is 1. The number of carbonyl (C=O) groups excluding carboxylic acids is 2. The van der Waals surface area contributed by atoms with E-state index >= 15 is 0 Å². The molecule has 1 unspecified atom stereocenters. The Kier molecular flexibility index (Phi) is 7.76. The summed E-state index contributed by atoms with van der Waals surface area (Å²) >= 11 is 0. The van der Waals surface area contributed by atoms with Gasteiger partial charge in [-0.15, -0.1) is 0 Å². The zero-order chi connectivity index (χ0) is 21.6. The molecule has 29 heavy (non-hydrogen) atoms. The summed E-state index contributed by atoms with van der Waals surface area (Å²) in [4.78, 5) is 26.3. The summed E-state index contributed by atoms with van der Waals surface area (Å²) in [6.45, 7) is 4.84. The molecule has 1 aliphatic rings. The maximum Gasteiger partial charge on any atom is 0.310 e. The second-order valence-electron chi connectivity index (χ2n) is 7.12. The maximum absolute atomic E-state index is 12.8. The van der Waals surface area contributed by atoms with Gasteiger partial charge in [0.2, 0.25) is 15.9 Å². The lowest BCUT2D eigenvalue weighted by Gasteiger charge is -2.34. The summed E-state index contributed by atoms with van der Waals surface area (Å²) in [5.41, 5.74) is 0.397. The van der Waals surface area contributed by atoms with Crippen molar-refractivity contribution in [3.05, 3.63) is 29.8 Å². The van der Waals surface area contributed by atoms with Gasteiger partial charge in [0.25, 0.3) is 0 Å². The van der Waals surface area contributed by atoms with Crippen molar-refractivity contribution < 1.29 is 22.7 Å². The van der Waals surface area contributed by atoms with Crippen LogP contribution in [0.15, 0.2) is 29.2 Å². The van der Waals surface area contributed by atoms with E-state index in [-0.39, 0.29) is 42.3 Å². The van der Waals surface area contributed by atoms with Crippen LogP contribution < -0.4 is 0 Å². The summed E-state index contributed by atoms with van der Waals surface area (Å²) in [5.74, 6) is -1.11. The molecule has 1 fully saturated rings. The van der Waals surface area contributed by atoms with E-state index in [2.05, 4.69) is 0 Å². The number of rotatable bonds is 7. The molecule has 0 saturated carbocycles. The molecule has 158 valence electrons. The number of piperidine rings is 1. The number of sulfonamides is 1. The van der Waals surface area contributed by atoms with Crippen molar-refractivity contribution in [3.63, 3.8) is 0 Å². The van der Waals surface area contributed by atoms with Crippen molar-refractivity contribution in [1.82, 2.24) is 9.21 Å². The van der Waals surface area contributed by atoms with Crippen LogP contribution >= 0.6 is 0 Å². The second-order valence-corrected chi connectivity index (χ2v) is 9.05. The Morgan fingerprint density at radius 3 is 2.34 bits per heavy atom. The number of nitriles is 1. The fourth-order valence-electron chi connectivity index (χ4n) is 3.43. The lowest BCUT2D eigenvalue weighted by Crippen LogP contribution is -2.45. The molecular formula is C20H27N3O5S. The molecule has 1 atom stereocenters. The third-order valence-electron chi connectivity index (χ3n) is 5.22. The second kappa shape index (κ2) is 9.85. The quantitative estimate of drug-likeness (QED) is 0.619. The Morgan fingerprint density at radius 1 is 1.28 bits per heavy atom. The van der Waals surface area contributed by atoms with Crippen LogP contribution in [0.5, 0.6) is 0 Å². The number of hydrogen-bond donors (Lipinski definition) is 0. The average Bonchev–Trinajstić information content (AvgIpc) is 2.76. The van der Waals surface area contributed by atoms with Crippen LogP contribution in [0.1, 0.15) is 32.3 Å². The zero-order valence-electron chi connectivity index (χ0n) is 17.0. The number of amides is 1. The molecule has 1 saturated heterocycles. The molecule has 9 heteroatoms. The van der Waals surface area contributed by atoms with Crippen LogP contribution in [0.4, 0.5) is 0 Å². The monoisotopic (exact) mass is 421 g/mol. The summed E-state index contributed by atoms with van der Waals surface area (Å²) in [5, 5.41) is 8.85. The van der Waals surface area contributed by atoms with E-state index in [0.717, 1.165) is 0 Å². The van der Waals surface area contributed by atoms with Gasteiger partial charge in [0.05, 0.1) is 29.6 Å². The van der Waals surface area contributed by atoms with Crippen molar-refractivity contribution in [3.8, 4) is 6.07 Å². The minimum atomic E-state index is -3.66. The average molecular weight is 422 g/mol. The normalized spacial score (nSPS) is 16.6. The van der Waals surface area contributed by atoms with Crippen molar-refractivity contribution in [2.24, 2.45) is 11.8 Å². The van der Waals surface area contributed by atoms with Gasteiger partial charge in [0.15, 0.2) is 0 Å². The van der Waals surface area contributed by atoms with Gasteiger partial charge in [0.1, 0.15) is 0 Å². The van der Waals surface area contributed by atoms with Gasteiger partial charge in [-0.05, 0) is 44.0 Å². The molecule has 0 N–H and O–H groups in total. The van der Waals surface area contributed by atoms with Crippen LogP contribution in [-0.4, -0.2) is 62.8 Å². The van der Waals surface area contributed by atoms with Gasteiger partial charge in [-0.2, -0.15) is 9.57 Å². The first-order valence-electron chi connectivity index (χ1n) is 9.61. The summed E-state index contributed by atoms with van der Waals surface area (Å²) in [6.07, 6.45) is 0.856. The van der Waals surface area contributed by atoms with Gasteiger partial charge >= 0.3 is 5.97 Å². The predicted octanol–water partition coefficient (Wildman–Crippen LogP) is 1.62. The Bertz CT molecular complexity index is 868. The first-order chi connectivity index (χ1) is 13.7. The Balaban J connectivity index is 2.00. The van der Waals surface area contributed by atoms with Crippen molar-refractivity contribution in [1.29, 1.82) is 5.26 Å². The molecule has 1 heterocycles. The number of benzene rings is 1. The molecule has 1 aromatic carbocycles. The highest BCUT2D eigenvalue weighted by Gasteiger charge is 2.34. The number of hydrogen-bond acceptors (Lipinski definition) is 6. The highest BCUT2D eigenvalue weighted by molar-refractivity contribution is 7.89. The summed E-state index contributed by atoms with van der Waals surface area (Å²) in [6, 6.07) is 7.78.